The molecule has 1 aliphatic heterocycles. The maximum atomic E-state index is 12.4. The van der Waals surface area contributed by atoms with Gasteiger partial charge < -0.3 is 20.7 Å². The van der Waals surface area contributed by atoms with Crippen molar-refractivity contribution in [3.8, 4) is 0 Å². The van der Waals surface area contributed by atoms with Crippen molar-refractivity contribution in [2.75, 3.05) is 11.9 Å². The van der Waals surface area contributed by atoms with Crippen LogP contribution in [0.3, 0.4) is 0 Å². The number of benzene rings is 1. The van der Waals surface area contributed by atoms with E-state index in [1.54, 1.807) is 24.3 Å². The highest BCUT2D eigenvalue weighted by Crippen LogP contribution is 2.19. The highest BCUT2D eigenvalue weighted by atomic mass is 16.5. The van der Waals surface area contributed by atoms with Crippen LogP contribution >= 0.6 is 0 Å². The molecule has 0 spiro atoms. The van der Waals surface area contributed by atoms with Crippen molar-refractivity contribution in [2.45, 2.75) is 70.0 Å². The van der Waals surface area contributed by atoms with Crippen LogP contribution in [0.4, 0.5) is 5.69 Å². The highest BCUT2D eigenvalue weighted by Gasteiger charge is 2.40. The fourth-order valence-electron chi connectivity index (χ4n) is 3.90. The number of anilines is 1. The Morgan fingerprint density at radius 3 is 2.71 bits per heavy atom. The second-order valence-corrected chi connectivity index (χ2v) is 7.68. The minimum Gasteiger partial charge on any atom is -0.462 e. The van der Waals surface area contributed by atoms with Gasteiger partial charge in [0.15, 0.2) is 6.04 Å². The summed E-state index contributed by atoms with van der Waals surface area (Å²) in [6.07, 6.45) is 6.39. The molecule has 1 aromatic rings. The molecule has 0 unspecified atom stereocenters. The summed E-state index contributed by atoms with van der Waals surface area (Å²) >= 11 is 0. The molecule has 1 saturated heterocycles. The van der Waals surface area contributed by atoms with Crippen LogP contribution in [0.25, 0.3) is 0 Å². The molecule has 2 amide bonds. The van der Waals surface area contributed by atoms with E-state index in [0.717, 1.165) is 32.1 Å². The van der Waals surface area contributed by atoms with E-state index in [0.29, 0.717) is 23.9 Å². The van der Waals surface area contributed by atoms with Crippen LogP contribution in [-0.2, 0) is 14.3 Å². The number of hydrogen-bond donors (Lipinski definition) is 3. The number of esters is 1. The molecule has 1 saturated carbocycles. The number of hydrogen-bond acceptors (Lipinski definition) is 4. The van der Waals surface area contributed by atoms with Crippen molar-refractivity contribution in [2.24, 2.45) is 0 Å². The van der Waals surface area contributed by atoms with Crippen LogP contribution in [0.1, 0.15) is 62.2 Å². The number of unbranched alkanes of at least 4 members (excludes halogenated alkanes) is 1. The number of fused-ring (bicyclic) bond motifs is 1. The Hall–Kier alpha value is -2.41. The van der Waals surface area contributed by atoms with E-state index >= 15 is 0 Å². The quantitative estimate of drug-likeness (QED) is 0.485. The Bertz CT molecular complexity index is 704. The predicted octanol–water partition coefficient (Wildman–Crippen LogP) is 1.35. The predicted molar refractivity (Wildman–Crippen MR) is 105 cm³/mol. The minimum atomic E-state index is -0.382. The number of nitrogens with one attached hydrogen (secondary N) is 2. The molecule has 0 bridgehead atoms. The zero-order chi connectivity index (χ0) is 19.9. The fraction of sp³-hybridized carbons (Fsp3) is 0.571. The standard InChI is InChI=1S/C21H29N3O4/c1-2-3-12-28-21(27)14-8-10-15(11-9-14)22-19(25)13-18-20(26)24-17-7-5-4-6-16(17)23-18/h8-11,16-18,23H,2-7,12-13H2,1H3,(H,22,25)(H,24,26)/p+1/t16-,17-,18-/m0/s1. The Balaban J connectivity index is 1.49. The molecule has 7 nitrogen and oxygen atoms in total. The van der Waals surface area contributed by atoms with E-state index in [1.165, 1.54) is 6.42 Å². The topological polar surface area (TPSA) is 101 Å². The molecular weight excluding hydrogens is 358 g/mol. The average Bonchev–Trinajstić information content (AvgIpc) is 2.69. The van der Waals surface area contributed by atoms with Gasteiger partial charge in [0.05, 0.1) is 24.6 Å². The molecular formula is C21H30N3O4+. The van der Waals surface area contributed by atoms with Crippen molar-refractivity contribution in [1.82, 2.24) is 5.32 Å². The van der Waals surface area contributed by atoms with Crippen molar-refractivity contribution in [1.29, 1.82) is 0 Å². The van der Waals surface area contributed by atoms with Gasteiger partial charge in [-0.3, -0.25) is 9.59 Å². The third-order valence-electron chi connectivity index (χ3n) is 5.50. The molecule has 2 fully saturated rings. The van der Waals surface area contributed by atoms with Crippen LogP contribution in [0, 0.1) is 0 Å². The van der Waals surface area contributed by atoms with E-state index in [1.807, 2.05) is 6.92 Å². The lowest BCUT2D eigenvalue weighted by molar-refractivity contribution is -0.718. The number of quaternary nitrogens is 1. The van der Waals surface area contributed by atoms with Crippen molar-refractivity contribution in [3.63, 3.8) is 0 Å². The van der Waals surface area contributed by atoms with Gasteiger partial charge in [-0.05, 0) is 43.5 Å². The number of amides is 2. The van der Waals surface area contributed by atoms with Crippen molar-refractivity contribution < 1.29 is 24.4 Å². The van der Waals surface area contributed by atoms with Crippen LogP contribution < -0.4 is 16.0 Å². The molecule has 7 heteroatoms. The van der Waals surface area contributed by atoms with Gasteiger partial charge >= 0.3 is 5.97 Å². The van der Waals surface area contributed by atoms with Gasteiger partial charge in [0.2, 0.25) is 5.91 Å². The second-order valence-electron chi connectivity index (χ2n) is 7.68. The van der Waals surface area contributed by atoms with Crippen LogP contribution in [0.15, 0.2) is 24.3 Å². The Morgan fingerprint density at radius 1 is 1.21 bits per heavy atom. The largest absolute Gasteiger partial charge is 0.462 e. The number of carbonyl (C=O) groups is 3. The fourth-order valence-corrected chi connectivity index (χ4v) is 3.90. The summed E-state index contributed by atoms with van der Waals surface area (Å²) in [6, 6.07) is 6.86. The molecule has 1 aliphatic carbocycles. The number of rotatable bonds is 7. The van der Waals surface area contributed by atoms with E-state index in [9.17, 15) is 14.4 Å². The molecule has 2 aliphatic rings. The molecule has 3 rings (SSSR count). The monoisotopic (exact) mass is 388 g/mol. The minimum absolute atomic E-state index is 0.0523. The lowest BCUT2D eigenvalue weighted by Crippen LogP contribution is -3.03. The first-order valence-electron chi connectivity index (χ1n) is 10.3. The third-order valence-corrected chi connectivity index (χ3v) is 5.50. The summed E-state index contributed by atoms with van der Waals surface area (Å²) in [5.41, 5.74) is 1.05. The average molecular weight is 388 g/mol. The molecule has 1 heterocycles. The summed E-state index contributed by atoms with van der Waals surface area (Å²) in [6.45, 7) is 2.45. The normalized spacial score (nSPS) is 24.0. The van der Waals surface area contributed by atoms with Crippen LogP contribution in [0.2, 0.25) is 0 Å². The first-order chi connectivity index (χ1) is 13.6. The van der Waals surface area contributed by atoms with Crippen LogP contribution in [0.5, 0.6) is 0 Å². The Morgan fingerprint density at radius 2 is 1.96 bits per heavy atom. The maximum absolute atomic E-state index is 12.4. The first kappa shape index (κ1) is 20.3. The number of nitrogens with two attached hydrogens (primary N) is 1. The van der Waals surface area contributed by atoms with E-state index in [-0.39, 0.29) is 36.3 Å². The maximum Gasteiger partial charge on any atom is 0.338 e. The highest BCUT2D eigenvalue weighted by molar-refractivity contribution is 5.96. The zero-order valence-corrected chi connectivity index (χ0v) is 16.4. The molecule has 3 atom stereocenters. The molecule has 28 heavy (non-hydrogen) atoms. The Kier molecular flexibility index (Phi) is 7.03. The zero-order valence-electron chi connectivity index (χ0n) is 16.4. The number of carbonyl (C=O) groups excluding carboxylic acids is 3. The summed E-state index contributed by atoms with van der Waals surface area (Å²) in [7, 11) is 0. The summed E-state index contributed by atoms with van der Waals surface area (Å²) < 4.78 is 5.17. The smallest absolute Gasteiger partial charge is 0.338 e. The second kappa shape index (κ2) is 9.68. The van der Waals surface area contributed by atoms with E-state index in [2.05, 4.69) is 16.0 Å². The van der Waals surface area contributed by atoms with Crippen molar-refractivity contribution >= 4 is 23.5 Å². The Labute approximate surface area is 165 Å². The molecule has 0 aromatic heterocycles. The molecule has 1 aromatic carbocycles. The number of piperazine rings is 1. The molecule has 152 valence electrons. The van der Waals surface area contributed by atoms with Gasteiger partial charge in [0.1, 0.15) is 6.04 Å². The van der Waals surface area contributed by atoms with Gasteiger partial charge in [-0.1, -0.05) is 19.8 Å². The summed E-state index contributed by atoms with van der Waals surface area (Å²) in [5.74, 6) is -0.616. The first-order valence-corrected chi connectivity index (χ1v) is 10.3. The summed E-state index contributed by atoms with van der Waals surface area (Å²) in [4.78, 5) is 36.6. The molecule has 4 N–H and O–H groups in total. The van der Waals surface area contributed by atoms with Gasteiger partial charge in [-0.15, -0.1) is 0 Å². The van der Waals surface area contributed by atoms with E-state index < -0.39 is 0 Å². The lowest BCUT2D eigenvalue weighted by atomic mass is 9.87. The third kappa shape index (κ3) is 5.32. The van der Waals surface area contributed by atoms with Gasteiger partial charge in [-0.25, -0.2) is 4.79 Å². The molecule has 0 radical (unpaired) electrons. The summed E-state index contributed by atoms with van der Waals surface area (Å²) in [5, 5.41) is 7.95. The number of ether oxygens (including phenoxy) is 1. The van der Waals surface area contributed by atoms with Crippen molar-refractivity contribution in [3.05, 3.63) is 29.8 Å². The van der Waals surface area contributed by atoms with Gasteiger partial charge in [-0.2, -0.15) is 0 Å². The van der Waals surface area contributed by atoms with Crippen LogP contribution in [-0.4, -0.2) is 42.5 Å². The lowest BCUT2D eigenvalue weighted by Gasteiger charge is -2.37. The SMILES string of the molecule is CCCCOC(=O)c1ccc(NC(=O)C[C@@H]2[NH2+][C@H]3CCCC[C@@H]3NC2=O)cc1. The van der Waals surface area contributed by atoms with Gasteiger partial charge in [0.25, 0.3) is 5.91 Å². The van der Waals surface area contributed by atoms with Gasteiger partial charge in [0, 0.05) is 12.1 Å². The van der Waals surface area contributed by atoms with E-state index in [4.69, 9.17) is 4.74 Å².